The quantitative estimate of drug-likeness (QED) is 0.443. The summed E-state index contributed by atoms with van der Waals surface area (Å²) in [5.74, 6) is 0. The zero-order valence-corrected chi connectivity index (χ0v) is 11.8. The maximum absolute atomic E-state index is 5.59. The van der Waals surface area contributed by atoms with E-state index < -0.39 is 0 Å². The first-order valence-corrected chi connectivity index (χ1v) is 6.24. The molecule has 0 saturated carbocycles. The summed E-state index contributed by atoms with van der Waals surface area (Å²) in [6, 6.07) is 0. The lowest BCUT2D eigenvalue weighted by atomic mass is 10.4. The molecule has 0 aliphatic heterocycles. The highest BCUT2D eigenvalue weighted by molar-refractivity contribution is 4.58. The fourth-order valence-electron chi connectivity index (χ4n) is 1.32. The Morgan fingerprint density at radius 1 is 0.833 bits per heavy atom. The van der Waals surface area contributed by atoms with Gasteiger partial charge in [-0.25, -0.2) is 0 Å². The number of methoxy groups -OCH3 is 2. The molecule has 0 saturated heterocycles. The van der Waals surface area contributed by atoms with Gasteiger partial charge in [0.25, 0.3) is 0 Å². The molecule has 0 amide bonds. The Kier molecular flexibility index (Phi) is 14.6. The molecule has 110 valence electrons. The van der Waals surface area contributed by atoms with Gasteiger partial charge in [-0.05, 0) is 7.05 Å². The van der Waals surface area contributed by atoms with E-state index in [2.05, 4.69) is 5.32 Å². The normalized spacial score (nSPS) is 12.8. The zero-order valence-electron chi connectivity index (χ0n) is 11.8. The van der Waals surface area contributed by atoms with Crippen LogP contribution in [-0.4, -0.2) is 80.2 Å². The van der Waals surface area contributed by atoms with E-state index in [-0.39, 0.29) is 6.10 Å². The summed E-state index contributed by atoms with van der Waals surface area (Å²) in [6.45, 7) is 4.87. The number of likely N-dealkylation sites (N-methyl/N-ethyl adjacent to an activating group) is 1. The summed E-state index contributed by atoms with van der Waals surface area (Å²) in [4.78, 5) is 0. The van der Waals surface area contributed by atoms with Gasteiger partial charge in [0, 0.05) is 20.8 Å². The number of nitrogens with one attached hydrogen (secondary N) is 1. The second kappa shape index (κ2) is 14.8. The van der Waals surface area contributed by atoms with Crippen LogP contribution in [0.4, 0.5) is 0 Å². The van der Waals surface area contributed by atoms with Gasteiger partial charge in [-0.15, -0.1) is 0 Å². The molecular formula is C12H27NO5. The van der Waals surface area contributed by atoms with E-state index in [1.54, 1.807) is 14.2 Å². The summed E-state index contributed by atoms with van der Waals surface area (Å²) in [5, 5.41) is 3.06. The molecule has 0 aromatic rings. The summed E-state index contributed by atoms with van der Waals surface area (Å²) in [6.07, 6.45) is 0.0709. The average molecular weight is 265 g/mol. The molecule has 0 heterocycles. The van der Waals surface area contributed by atoms with Crippen molar-refractivity contribution in [3.05, 3.63) is 0 Å². The van der Waals surface area contributed by atoms with Crippen LogP contribution in [0.5, 0.6) is 0 Å². The standard InChI is InChI=1S/C12H27NO5/c1-13-10-12(11-15-3)18-9-8-17-7-6-16-5-4-14-2/h12-13H,4-11H2,1-3H3. The Morgan fingerprint density at radius 3 is 2.00 bits per heavy atom. The smallest absolute Gasteiger partial charge is 0.0933 e. The van der Waals surface area contributed by atoms with Crippen LogP contribution in [0.2, 0.25) is 0 Å². The SMILES string of the molecule is CNCC(COC)OCCOCCOCCOC. The first-order valence-electron chi connectivity index (χ1n) is 6.24. The molecular weight excluding hydrogens is 238 g/mol. The van der Waals surface area contributed by atoms with Crippen molar-refractivity contribution in [2.75, 3.05) is 74.1 Å². The van der Waals surface area contributed by atoms with Crippen molar-refractivity contribution < 1.29 is 23.7 Å². The Morgan fingerprint density at radius 2 is 1.44 bits per heavy atom. The maximum Gasteiger partial charge on any atom is 0.0933 e. The van der Waals surface area contributed by atoms with Crippen molar-refractivity contribution in [3.63, 3.8) is 0 Å². The Balaban J connectivity index is 3.21. The fourth-order valence-corrected chi connectivity index (χ4v) is 1.32. The van der Waals surface area contributed by atoms with Gasteiger partial charge < -0.3 is 29.0 Å². The van der Waals surface area contributed by atoms with E-state index >= 15 is 0 Å². The molecule has 1 unspecified atom stereocenters. The van der Waals surface area contributed by atoms with Gasteiger partial charge >= 0.3 is 0 Å². The van der Waals surface area contributed by atoms with E-state index in [1.165, 1.54) is 0 Å². The lowest BCUT2D eigenvalue weighted by Crippen LogP contribution is -2.31. The molecule has 0 rings (SSSR count). The topological polar surface area (TPSA) is 58.2 Å². The van der Waals surface area contributed by atoms with Gasteiger partial charge in [0.05, 0.1) is 52.4 Å². The maximum atomic E-state index is 5.59. The first kappa shape index (κ1) is 17.8. The van der Waals surface area contributed by atoms with Crippen molar-refractivity contribution in [1.29, 1.82) is 0 Å². The van der Waals surface area contributed by atoms with Crippen LogP contribution in [0.1, 0.15) is 0 Å². The molecule has 1 N–H and O–H groups in total. The molecule has 0 aliphatic rings. The lowest BCUT2D eigenvalue weighted by Gasteiger charge is -2.16. The van der Waals surface area contributed by atoms with Crippen LogP contribution in [0.25, 0.3) is 0 Å². The second-order valence-electron chi connectivity index (χ2n) is 3.72. The van der Waals surface area contributed by atoms with Gasteiger partial charge in [0.2, 0.25) is 0 Å². The lowest BCUT2D eigenvalue weighted by molar-refractivity contribution is -0.0363. The van der Waals surface area contributed by atoms with E-state index in [4.69, 9.17) is 23.7 Å². The van der Waals surface area contributed by atoms with Gasteiger partial charge in [-0.1, -0.05) is 0 Å². The van der Waals surface area contributed by atoms with Crippen molar-refractivity contribution in [3.8, 4) is 0 Å². The highest BCUT2D eigenvalue weighted by Gasteiger charge is 2.06. The van der Waals surface area contributed by atoms with Crippen LogP contribution in [-0.2, 0) is 23.7 Å². The molecule has 18 heavy (non-hydrogen) atoms. The Labute approximate surface area is 110 Å². The van der Waals surface area contributed by atoms with E-state index in [0.29, 0.717) is 46.2 Å². The van der Waals surface area contributed by atoms with Crippen LogP contribution < -0.4 is 5.32 Å². The highest BCUT2D eigenvalue weighted by Crippen LogP contribution is 1.92. The molecule has 6 nitrogen and oxygen atoms in total. The minimum Gasteiger partial charge on any atom is -0.382 e. The summed E-state index contributed by atoms with van der Waals surface area (Å²) in [5.41, 5.74) is 0. The summed E-state index contributed by atoms with van der Waals surface area (Å²) in [7, 11) is 5.21. The van der Waals surface area contributed by atoms with Crippen molar-refractivity contribution >= 4 is 0 Å². The molecule has 0 aromatic carbocycles. The molecule has 0 aromatic heterocycles. The number of hydrogen-bond donors (Lipinski definition) is 1. The summed E-state index contributed by atoms with van der Waals surface area (Å²) >= 11 is 0. The fraction of sp³-hybridized carbons (Fsp3) is 1.00. The highest BCUT2D eigenvalue weighted by atomic mass is 16.6. The molecule has 0 aliphatic carbocycles. The zero-order chi connectivity index (χ0) is 13.5. The van der Waals surface area contributed by atoms with Crippen LogP contribution in [0, 0.1) is 0 Å². The molecule has 0 bridgehead atoms. The first-order chi connectivity index (χ1) is 8.85. The molecule has 0 spiro atoms. The van der Waals surface area contributed by atoms with E-state index in [1.807, 2.05) is 7.05 Å². The second-order valence-corrected chi connectivity index (χ2v) is 3.72. The predicted octanol–water partition coefficient (Wildman–Crippen LogP) is -0.0830. The third-order valence-corrected chi connectivity index (χ3v) is 2.17. The minimum absolute atomic E-state index is 0.0709. The third kappa shape index (κ3) is 12.2. The van der Waals surface area contributed by atoms with Crippen molar-refractivity contribution in [2.45, 2.75) is 6.10 Å². The minimum atomic E-state index is 0.0709. The molecule has 6 heteroatoms. The predicted molar refractivity (Wildman–Crippen MR) is 69.1 cm³/mol. The van der Waals surface area contributed by atoms with Crippen LogP contribution in [0.15, 0.2) is 0 Å². The largest absolute Gasteiger partial charge is 0.382 e. The average Bonchev–Trinajstić information content (AvgIpc) is 2.37. The number of hydrogen-bond acceptors (Lipinski definition) is 6. The Bertz CT molecular complexity index is 153. The molecule has 0 fully saturated rings. The van der Waals surface area contributed by atoms with E-state index in [0.717, 1.165) is 6.54 Å². The van der Waals surface area contributed by atoms with Gasteiger partial charge in [-0.3, -0.25) is 0 Å². The number of ether oxygens (including phenoxy) is 5. The molecule has 1 atom stereocenters. The van der Waals surface area contributed by atoms with Crippen molar-refractivity contribution in [1.82, 2.24) is 5.32 Å². The van der Waals surface area contributed by atoms with Gasteiger partial charge in [0.15, 0.2) is 0 Å². The Hall–Kier alpha value is -0.240. The van der Waals surface area contributed by atoms with Crippen LogP contribution >= 0.6 is 0 Å². The summed E-state index contributed by atoms with van der Waals surface area (Å²) < 4.78 is 26.1. The third-order valence-electron chi connectivity index (χ3n) is 2.17. The van der Waals surface area contributed by atoms with Crippen molar-refractivity contribution in [2.24, 2.45) is 0 Å². The van der Waals surface area contributed by atoms with Gasteiger partial charge in [-0.2, -0.15) is 0 Å². The van der Waals surface area contributed by atoms with E-state index in [9.17, 15) is 0 Å². The monoisotopic (exact) mass is 265 g/mol. The molecule has 0 radical (unpaired) electrons. The van der Waals surface area contributed by atoms with Gasteiger partial charge in [0.1, 0.15) is 0 Å². The number of rotatable bonds is 14. The van der Waals surface area contributed by atoms with Crippen LogP contribution in [0.3, 0.4) is 0 Å².